The Morgan fingerprint density at radius 1 is 1.14 bits per heavy atom. The van der Waals surface area contributed by atoms with E-state index in [2.05, 4.69) is 5.16 Å². The summed E-state index contributed by atoms with van der Waals surface area (Å²) in [6.45, 7) is 0.323. The predicted octanol–water partition coefficient (Wildman–Crippen LogP) is 5.20. The molecule has 29 heavy (non-hydrogen) atoms. The van der Waals surface area contributed by atoms with Gasteiger partial charge < -0.3 is 9.74 Å². The van der Waals surface area contributed by atoms with E-state index in [0.29, 0.717) is 22.2 Å². The molecule has 1 fully saturated rings. The van der Waals surface area contributed by atoms with Crippen molar-refractivity contribution in [1.29, 1.82) is 0 Å². The summed E-state index contributed by atoms with van der Waals surface area (Å²) in [5.41, 5.74) is 1.77. The van der Waals surface area contributed by atoms with Gasteiger partial charge in [0.15, 0.2) is 6.10 Å². The zero-order chi connectivity index (χ0) is 20.5. The zero-order valence-corrected chi connectivity index (χ0v) is 16.9. The Labute approximate surface area is 177 Å². The molecule has 1 heterocycles. The number of carbonyl (C=O) groups is 1. The third kappa shape index (κ3) is 4.70. The van der Waals surface area contributed by atoms with E-state index in [4.69, 9.17) is 28.0 Å². The van der Waals surface area contributed by atoms with Crippen molar-refractivity contribution in [2.45, 2.75) is 31.9 Å². The van der Waals surface area contributed by atoms with Gasteiger partial charge in [0.1, 0.15) is 11.6 Å². The molecular formula is C21H18Cl2F2N2O2. The number of rotatable bonds is 6. The fourth-order valence-electron chi connectivity index (χ4n) is 3.29. The van der Waals surface area contributed by atoms with Crippen molar-refractivity contribution in [2.24, 2.45) is 11.1 Å². The Balaban J connectivity index is 1.45. The van der Waals surface area contributed by atoms with Crippen LogP contribution in [0.4, 0.5) is 8.78 Å². The third-order valence-electron chi connectivity index (χ3n) is 5.02. The van der Waals surface area contributed by atoms with E-state index in [-0.39, 0.29) is 36.6 Å². The van der Waals surface area contributed by atoms with E-state index in [1.165, 1.54) is 12.1 Å². The van der Waals surface area contributed by atoms with Gasteiger partial charge in [-0.05, 0) is 31.0 Å². The van der Waals surface area contributed by atoms with Crippen LogP contribution in [-0.4, -0.2) is 29.2 Å². The average Bonchev–Trinajstić information content (AvgIpc) is 3.44. The van der Waals surface area contributed by atoms with Crippen LogP contribution < -0.4 is 0 Å². The molecule has 152 valence electrons. The lowest BCUT2D eigenvalue weighted by molar-refractivity contribution is -0.135. The number of amides is 1. The fraction of sp³-hybridized carbons (Fsp3) is 0.333. The topological polar surface area (TPSA) is 41.9 Å². The molecule has 1 unspecified atom stereocenters. The molecule has 4 nitrogen and oxygen atoms in total. The highest BCUT2D eigenvalue weighted by atomic mass is 35.5. The van der Waals surface area contributed by atoms with E-state index in [1.54, 1.807) is 23.1 Å². The molecule has 0 spiro atoms. The minimum absolute atomic E-state index is 0.0321. The van der Waals surface area contributed by atoms with Gasteiger partial charge in [-0.2, -0.15) is 0 Å². The van der Waals surface area contributed by atoms with Crippen molar-refractivity contribution in [3.63, 3.8) is 0 Å². The lowest BCUT2D eigenvalue weighted by Gasteiger charge is -2.25. The van der Waals surface area contributed by atoms with Gasteiger partial charge in [0.05, 0.1) is 22.3 Å². The zero-order valence-electron chi connectivity index (χ0n) is 15.4. The van der Waals surface area contributed by atoms with Crippen molar-refractivity contribution in [3.8, 4) is 0 Å². The lowest BCUT2D eigenvalue weighted by Crippen LogP contribution is -2.38. The summed E-state index contributed by atoms with van der Waals surface area (Å²) in [7, 11) is 0. The fourth-order valence-corrected chi connectivity index (χ4v) is 3.59. The Bertz CT molecular complexity index is 979. The summed E-state index contributed by atoms with van der Waals surface area (Å²) in [6.07, 6.45) is 1.79. The standard InChI is InChI=1S/C21H18Cl2F2N2O2/c22-17-6-4-13(7-18(17)23)20-9-16(29-26-20)11-27(21(28)12-1-2-12)10-14-3-5-15(24)8-19(14)25/h3-8,12,16H,1-2,9-11H2. The lowest BCUT2D eigenvalue weighted by atomic mass is 10.0. The highest BCUT2D eigenvalue weighted by molar-refractivity contribution is 6.42. The van der Waals surface area contributed by atoms with E-state index in [9.17, 15) is 13.6 Å². The molecule has 0 saturated heterocycles. The Morgan fingerprint density at radius 3 is 2.62 bits per heavy atom. The molecule has 2 aromatic rings. The maximum atomic E-state index is 14.1. The van der Waals surface area contributed by atoms with Crippen molar-refractivity contribution in [2.75, 3.05) is 6.54 Å². The molecule has 8 heteroatoms. The van der Waals surface area contributed by atoms with E-state index < -0.39 is 11.6 Å². The van der Waals surface area contributed by atoms with Crippen molar-refractivity contribution >= 4 is 34.8 Å². The van der Waals surface area contributed by atoms with Crippen molar-refractivity contribution in [3.05, 3.63) is 69.2 Å². The molecule has 0 radical (unpaired) electrons. The molecule has 1 aliphatic heterocycles. The summed E-state index contributed by atoms with van der Waals surface area (Å²) < 4.78 is 27.3. The SMILES string of the molecule is O=C(C1CC1)N(Cc1ccc(F)cc1F)CC1CC(c2ccc(Cl)c(Cl)c2)=NO1. The Kier molecular flexibility index (Phi) is 5.74. The number of benzene rings is 2. The first-order valence-electron chi connectivity index (χ1n) is 9.31. The molecule has 0 aromatic heterocycles. The van der Waals surface area contributed by atoms with Gasteiger partial charge >= 0.3 is 0 Å². The Morgan fingerprint density at radius 2 is 1.93 bits per heavy atom. The molecule has 0 bridgehead atoms. The second kappa shape index (κ2) is 8.28. The third-order valence-corrected chi connectivity index (χ3v) is 5.76. The molecule has 1 amide bonds. The normalized spacial score (nSPS) is 18.3. The van der Waals surface area contributed by atoms with Crippen molar-refractivity contribution < 1.29 is 18.4 Å². The summed E-state index contributed by atoms with van der Waals surface area (Å²) in [6, 6.07) is 8.60. The second-order valence-electron chi connectivity index (χ2n) is 7.33. The van der Waals surface area contributed by atoms with Gasteiger partial charge in [0, 0.05) is 36.1 Å². The van der Waals surface area contributed by atoms with Gasteiger partial charge in [-0.3, -0.25) is 4.79 Å². The number of hydrogen-bond donors (Lipinski definition) is 0. The predicted molar refractivity (Wildman–Crippen MR) is 107 cm³/mol. The first-order valence-corrected chi connectivity index (χ1v) is 10.1. The highest BCUT2D eigenvalue weighted by Gasteiger charge is 2.36. The summed E-state index contributed by atoms with van der Waals surface area (Å²) >= 11 is 12.0. The number of oxime groups is 1. The van der Waals surface area contributed by atoms with Crippen LogP contribution in [0.3, 0.4) is 0 Å². The van der Waals surface area contributed by atoms with Crippen LogP contribution in [0.2, 0.25) is 10.0 Å². The van der Waals surface area contributed by atoms with Crippen molar-refractivity contribution in [1.82, 2.24) is 4.90 Å². The van der Waals surface area contributed by atoms with Gasteiger partial charge in [0.2, 0.25) is 5.91 Å². The number of carbonyl (C=O) groups excluding carboxylic acids is 1. The summed E-state index contributed by atoms with van der Waals surface area (Å²) in [4.78, 5) is 19.8. The minimum atomic E-state index is -0.668. The van der Waals surface area contributed by atoms with Crippen LogP contribution in [0.25, 0.3) is 0 Å². The molecule has 4 rings (SSSR count). The summed E-state index contributed by atoms with van der Waals surface area (Å²) in [5.74, 6) is -1.39. The largest absolute Gasteiger partial charge is 0.390 e. The first kappa shape index (κ1) is 20.1. The maximum Gasteiger partial charge on any atom is 0.226 e. The second-order valence-corrected chi connectivity index (χ2v) is 8.14. The molecule has 1 saturated carbocycles. The summed E-state index contributed by atoms with van der Waals surface area (Å²) in [5, 5.41) is 5.00. The molecular weight excluding hydrogens is 421 g/mol. The maximum absolute atomic E-state index is 14.1. The van der Waals surface area contributed by atoms with Crippen LogP contribution in [0.1, 0.15) is 30.4 Å². The van der Waals surface area contributed by atoms with Crippen LogP contribution in [0.15, 0.2) is 41.6 Å². The molecule has 2 aliphatic rings. The van der Waals surface area contributed by atoms with Gasteiger partial charge in [-0.1, -0.05) is 40.5 Å². The van der Waals surface area contributed by atoms with Gasteiger partial charge in [-0.25, -0.2) is 8.78 Å². The smallest absolute Gasteiger partial charge is 0.226 e. The molecule has 1 atom stereocenters. The van der Waals surface area contributed by atoms with Crippen LogP contribution in [0.5, 0.6) is 0 Å². The van der Waals surface area contributed by atoms with E-state index in [1.807, 2.05) is 0 Å². The van der Waals surface area contributed by atoms with E-state index in [0.717, 1.165) is 24.5 Å². The van der Waals surface area contributed by atoms with Gasteiger partial charge in [0.25, 0.3) is 0 Å². The highest BCUT2D eigenvalue weighted by Crippen LogP contribution is 2.32. The van der Waals surface area contributed by atoms with Gasteiger partial charge in [-0.15, -0.1) is 0 Å². The van der Waals surface area contributed by atoms with Crippen LogP contribution >= 0.6 is 23.2 Å². The quantitative estimate of drug-likeness (QED) is 0.621. The number of nitrogens with zero attached hydrogens (tertiary/aromatic N) is 2. The molecule has 0 N–H and O–H groups in total. The first-order chi connectivity index (χ1) is 13.9. The van der Waals surface area contributed by atoms with E-state index >= 15 is 0 Å². The average molecular weight is 439 g/mol. The number of halogens is 4. The molecule has 1 aliphatic carbocycles. The molecule has 2 aromatic carbocycles. The monoisotopic (exact) mass is 438 g/mol. The Hall–Kier alpha value is -2.18. The van der Waals surface area contributed by atoms with Crippen LogP contribution in [-0.2, 0) is 16.2 Å². The number of hydrogen-bond acceptors (Lipinski definition) is 3. The van der Waals surface area contributed by atoms with Crippen LogP contribution in [0, 0.1) is 17.6 Å². The minimum Gasteiger partial charge on any atom is -0.390 e.